The van der Waals surface area contributed by atoms with Crippen LogP contribution in [0.5, 0.6) is 5.75 Å². The average Bonchev–Trinajstić information content (AvgIpc) is 2.51. The van der Waals surface area contributed by atoms with Crippen LogP contribution >= 0.6 is 11.6 Å². The van der Waals surface area contributed by atoms with Crippen LogP contribution in [0.4, 0.5) is 17.5 Å². The van der Waals surface area contributed by atoms with Gasteiger partial charge in [-0.1, -0.05) is 11.6 Å². The van der Waals surface area contributed by atoms with Crippen LogP contribution < -0.4 is 15.4 Å². The maximum Gasteiger partial charge on any atom is 0.229 e. The molecule has 2 aromatic rings. The molecule has 1 aromatic carbocycles. The number of methoxy groups -OCH3 is 2. The Labute approximate surface area is 141 Å². The maximum absolute atomic E-state index is 6.13. The van der Waals surface area contributed by atoms with E-state index in [2.05, 4.69) is 20.6 Å². The highest BCUT2D eigenvalue weighted by molar-refractivity contribution is 6.32. The van der Waals surface area contributed by atoms with Crippen LogP contribution in [0, 0.1) is 6.92 Å². The summed E-state index contributed by atoms with van der Waals surface area (Å²) in [6.07, 6.45) is 0.913. The highest BCUT2D eigenvalue weighted by Gasteiger charge is 2.05. The molecule has 124 valence electrons. The molecule has 1 aromatic heterocycles. The SMILES string of the molecule is COCCCNc1cc(C)nc(Nc2ccc(OC)c(Cl)c2)n1. The highest BCUT2D eigenvalue weighted by atomic mass is 35.5. The zero-order valence-corrected chi connectivity index (χ0v) is 14.3. The Morgan fingerprint density at radius 2 is 2.00 bits per heavy atom. The van der Waals surface area contributed by atoms with Crippen LogP contribution in [0.25, 0.3) is 0 Å². The van der Waals surface area contributed by atoms with Crippen LogP contribution in [0.1, 0.15) is 12.1 Å². The number of ether oxygens (including phenoxy) is 2. The Morgan fingerprint density at radius 1 is 1.17 bits per heavy atom. The third kappa shape index (κ3) is 5.26. The molecule has 0 aliphatic carbocycles. The van der Waals surface area contributed by atoms with Crippen molar-refractivity contribution in [1.29, 1.82) is 0 Å². The predicted octanol–water partition coefficient (Wildman–Crippen LogP) is 3.64. The number of hydrogen-bond acceptors (Lipinski definition) is 6. The number of nitrogens with zero attached hydrogens (tertiary/aromatic N) is 2. The Kier molecular flexibility index (Phi) is 6.43. The van der Waals surface area contributed by atoms with E-state index in [1.165, 1.54) is 0 Å². The third-order valence-corrected chi connectivity index (χ3v) is 3.39. The monoisotopic (exact) mass is 336 g/mol. The molecule has 0 aliphatic rings. The van der Waals surface area contributed by atoms with Gasteiger partial charge < -0.3 is 20.1 Å². The van der Waals surface area contributed by atoms with Gasteiger partial charge in [0.15, 0.2) is 0 Å². The van der Waals surface area contributed by atoms with Crippen molar-refractivity contribution in [3.05, 3.63) is 35.0 Å². The summed E-state index contributed by atoms with van der Waals surface area (Å²) in [5.41, 5.74) is 1.67. The number of anilines is 3. The molecule has 0 spiro atoms. The first kappa shape index (κ1) is 17.3. The summed E-state index contributed by atoms with van der Waals surface area (Å²) in [5.74, 6) is 1.92. The van der Waals surface area contributed by atoms with Crippen LogP contribution in [0.3, 0.4) is 0 Å². The van der Waals surface area contributed by atoms with Crippen molar-refractivity contribution in [2.45, 2.75) is 13.3 Å². The minimum Gasteiger partial charge on any atom is -0.495 e. The molecule has 6 nitrogen and oxygen atoms in total. The standard InChI is InChI=1S/C16H21ClN4O2/c1-11-9-15(18-7-4-8-22-2)21-16(19-11)20-12-5-6-14(23-3)13(17)10-12/h5-6,9-10H,4,7-8H2,1-3H3,(H2,18,19,20,21). The van der Waals surface area contributed by atoms with Crippen molar-refractivity contribution < 1.29 is 9.47 Å². The number of aromatic nitrogens is 2. The van der Waals surface area contributed by atoms with Crippen molar-refractivity contribution in [1.82, 2.24) is 9.97 Å². The minimum absolute atomic E-state index is 0.514. The van der Waals surface area contributed by atoms with Crippen molar-refractivity contribution in [3.63, 3.8) is 0 Å². The topological polar surface area (TPSA) is 68.3 Å². The van der Waals surface area contributed by atoms with Gasteiger partial charge in [0.1, 0.15) is 11.6 Å². The lowest BCUT2D eigenvalue weighted by Crippen LogP contribution is -2.08. The molecule has 0 aliphatic heterocycles. The summed E-state index contributed by atoms with van der Waals surface area (Å²) in [6, 6.07) is 7.34. The van der Waals surface area contributed by atoms with Crippen LogP contribution in [0.2, 0.25) is 5.02 Å². The van der Waals surface area contributed by atoms with Crippen molar-refractivity contribution in [2.24, 2.45) is 0 Å². The summed E-state index contributed by atoms with van der Waals surface area (Å²) in [7, 11) is 3.27. The number of hydrogen-bond donors (Lipinski definition) is 2. The largest absolute Gasteiger partial charge is 0.495 e. The van der Waals surface area contributed by atoms with E-state index in [-0.39, 0.29) is 0 Å². The summed E-state index contributed by atoms with van der Waals surface area (Å²) in [5, 5.41) is 6.94. The molecule has 2 rings (SSSR count). The molecule has 0 unspecified atom stereocenters. The fourth-order valence-electron chi connectivity index (χ4n) is 2.02. The first-order valence-corrected chi connectivity index (χ1v) is 7.69. The molecule has 0 amide bonds. The van der Waals surface area contributed by atoms with Gasteiger partial charge in [-0.2, -0.15) is 4.98 Å². The lowest BCUT2D eigenvalue weighted by Gasteiger charge is -2.11. The summed E-state index contributed by atoms with van der Waals surface area (Å²) in [6.45, 7) is 3.43. The van der Waals surface area contributed by atoms with Crippen molar-refractivity contribution in [3.8, 4) is 5.75 Å². The number of aryl methyl sites for hydroxylation is 1. The first-order chi connectivity index (χ1) is 11.1. The Morgan fingerprint density at radius 3 is 2.70 bits per heavy atom. The van der Waals surface area contributed by atoms with E-state index in [1.807, 2.05) is 19.1 Å². The Balaban J connectivity index is 2.07. The van der Waals surface area contributed by atoms with E-state index in [9.17, 15) is 0 Å². The molecule has 0 radical (unpaired) electrons. The molecule has 7 heteroatoms. The molecule has 1 heterocycles. The molecule has 0 fully saturated rings. The lowest BCUT2D eigenvalue weighted by atomic mass is 10.3. The number of halogens is 1. The van der Waals surface area contributed by atoms with E-state index >= 15 is 0 Å². The first-order valence-electron chi connectivity index (χ1n) is 7.31. The van der Waals surface area contributed by atoms with Gasteiger partial charge in [0.05, 0.1) is 12.1 Å². The Hall–Kier alpha value is -2.05. The van der Waals surface area contributed by atoms with E-state index < -0.39 is 0 Å². The molecular formula is C16H21ClN4O2. The summed E-state index contributed by atoms with van der Waals surface area (Å²) < 4.78 is 10.2. The Bertz CT molecular complexity index is 652. The molecule has 0 saturated carbocycles. The van der Waals surface area contributed by atoms with E-state index in [4.69, 9.17) is 21.1 Å². The van der Waals surface area contributed by atoms with Gasteiger partial charge >= 0.3 is 0 Å². The maximum atomic E-state index is 6.13. The van der Waals surface area contributed by atoms with E-state index in [0.717, 1.165) is 30.2 Å². The van der Waals surface area contributed by atoms with Gasteiger partial charge in [0, 0.05) is 37.7 Å². The second-order valence-electron chi connectivity index (χ2n) is 4.97. The quantitative estimate of drug-likeness (QED) is 0.717. The fourth-order valence-corrected chi connectivity index (χ4v) is 2.28. The number of rotatable bonds is 8. The molecule has 2 N–H and O–H groups in total. The predicted molar refractivity (Wildman–Crippen MR) is 93.0 cm³/mol. The van der Waals surface area contributed by atoms with E-state index in [0.29, 0.717) is 23.3 Å². The van der Waals surface area contributed by atoms with Gasteiger partial charge in [-0.3, -0.25) is 0 Å². The van der Waals surface area contributed by atoms with Crippen LogP contribution in [-0.4, -0.2) is 37.3 Å². The summed E-state index contributed by atoms with van der Waals surface area (Å²) >= 11 is 6.13. The van der Waals surface area contributed by atoms with Crippen molar-refractivity contribution in [2.75, 3.05) is 38.0 Å². The molecule has 0 atom stereocenters. The molecular weight excluding hydrogens is 316 g/mol. The highest BCUT2D eigenvalue weighted by Crippen LogP contribution is 2.28. The van der Waals surface area contributed by atoms with Gasteiger partial charge in [0.2, 0.25) is 5.95 Å². The van der Waals surface area contributed by atoms with Gasteiger partial charge in [-0.05, 0) is 31.5 Å². The van der Waals surface area contributed by atoms with Gasteiger partial charge in [-0.15, -0.1) is 0 Å². The molecule has 0 bridgehead atoms. The zero-order valence-electron chi connectivity index (χ0n) is 13.5. The van der Waals surface area contributed by atoms with E-state index in [1.54, 1.807) is 26.4 Å². The molecule has 0 saturated heterocycles. The number of nitrogens with one attached hydrogen (secondary N) is 2. The average molecular weight is 337 g/mol. The zero-order chi connectivity index (χ0) is 16.7. The minimum atomic E-state index is 0.514. The van der Waals surface area contributed by atoms with Crippen molar-refractivity contribution >= 4 is 29.1 Å². The van der Waals surface area contributed by atoms with Gasteiger partial charge in [-0.25, -0.2) is 4.98 Å². The number of benzene rings is 1. The second kappa shape index (κ2) is 8.55. The van der Waals surface area contributed by atoms with Crippen LogP contribution in [-0.2, 0) is 4.74 Å². The van der Waals surface area contributed by atoms with Crippen LogP contribution in [0.15, 0.2) is 24.3 Å². The lowest BCUT2D eigenvalue weighted by molar-refractivity contribution is 0.198. The molecule has 23 heavy (non-hydrogen) atoms. The third-order valence-electron chi connectivity index (χ3n) is 3.09. The second-order valence-corrected chi connectivity index (χ2v) is 5.37. The smallest absolute Gasteiger partial charge is 0.229 e. The normalized spacial score (nSPS) is 10.4. The van der Waals surface area contributed by atoms with Gasteiger partial charge in [0.25, 0.3) is 0 Å². The fraction of sp³-hybridized carbons (Fsp3) is 0.375. The summed E-state index contributed by atoms with van der Waals surface area (Å²) in [4.78, 5) is 8.83.